The van der Waals surface area contributed by atoms with Crippen LogP contribution < -0.4 is 15.4 Å². The number of nitrogens with one attached hydrogen (secondary N) is 3. The van der Waals surface area contributed by atoms with Gasteiger partial charge in [-0.05, 0) is 33.6 Å². The van der Waals surface area contributed by atoms with Crippen LogP contribution in [0.4, 0.5) is 0 Å². The Hall–Kier alpha value is -0.860. The first-order valence-corrected chi connectivity index (χ1v) is 10.2. The summed E-state index contributed by atoms with van der Waals surface area (Å²) < 4.78 is 25.3. The minimum atomic E-state index is -3.14. The number of guanidine groups is 1. The fraction of sp³-hybridized carbons (Fsp3) is 0.933. The molecule has 1 aliphatic heterocycles. The Labute approximate surface area is 141 Å². The lowest BCUT2D eigenvalue weighted by Gasteiger charge is -2.22. The molecule has 0 bridgehead atoms. The molecule has 8 heteroatoms. The van der Waals surface area contributed by atoms with Crippen LogP contribution in [0.1, 0.15) is 34.6 Å². The van der Waals surface area contributed by atoms with E-state index in [-0.39, 0.29) is 5.75 Å². The Bertz CT molecular complexity index is 478. The highest BCUT2D eigenvalue weighted by Gasteiger charge is 2.31. The smallest absolute Gasteiger partial charge is 0.211 e. The largest absolute Gasteiger partial charge is 0.357 e. The van der Waals surface area contributed by atoms with E-state index in [2.05, 4.69) is 46.0 Å². The van der Waals surface area contributed by atoms with E-state index in [0.29, 0.717) is 31.1 Å². The van der Waals surface area contributed by atoms with Gasteiger partial charge < -0.3 is 10.6 Å². The summed E-state index contributed by atoms with van der Waals surface area (Å²) >= 11 is 0. The van der Waals surface area contributed by atoms with Crippen LogP contribution in [0, 0.1) is 5.92 Å². The molecule has 23 heavy (non-hydrogen) atoms. The Morgan fingerprint density at radius 3 is 2.52 bits per heavy atom. The molecule has 0 aromatic carbocycles. The SMILES string of the molecule is CCNC(=NCCNS(=O)(=O)CC)NC1CN(C(C)C)CC1C. The maximum atomic E-state index is 11.4. The van der Waals surface area contributed by atoms with E-state index in [0.717, 1.165) is 25.6 Å². The molecular formula is C15H33N5O2S. The molecule has 1 rings (SSSR count). The highest BCUT2D eigenvalue weighted by atomic mass is 32.2. The molecule has 7 nitrogen and oxygen atoms in total. The van der Waals surface area contributed by atoms with E-state index in [4.69, 9.17) is 0 Å². The number of hydrogen-bond acceptors (Lipinski definition) is 4. The van der Waals surface area contributed by atoms with Crippen molar-refractivity contribution in [1.29, 1.82) is 0 Å². The molecule has 0 radical (unpaired) electrons. The van der Waals surface area contributed by atoms with Crippen LogP contribution in [0.2, 0.25) is 0 Å². The van der Waals surface area contributed by atoms with Gasteiger partial charge in [0.15, 0.2) is 5.96 Å². The molecule has 0 aliphatic carbocycles. The molecule has 1 aliphatic rings. The van der Waals surface area contributed by atoms with Gasteiger partial charge in [-0.2, -0.15) is 0 Å². The van der Waals surface area contributed by atoms with E-state index < -0.39 is 10.0 Å². The van der Waals surface area contributed by atoms with Crippen molar-refractivity contribution in [3.63, 3.8) is 0 Å². The lowest BCUT2D eigenvalue weighted by Crippen LogP contribution is -2.47. The second-order valence-corrected chi connectivity index (χ2v) is 8.43. The van der Waals surface area contributed by atoms with Crippen molar-refractivity contribution in [3.05, 3.63) is 0 Å². The van der Waals surface area contributed by atoms with E-state index in [9.17, 15) is 8.42 Å². The monoisotopic (exact) mass is 347 g/mol. The number of aliphatic imine (C=N–C) groups is 1. The van der Waals surface area contributed by atoms with Crippen molar-refractivity contribution in [3.8, 4) is 0 Å². The van der Waals surface area contributed by atoms with Crippen molar-refractivity contribution in [2.75, 3.05) is 38.5 Å². The summed E-state index contributed by atoms with van der Waals surface area (Å²) in [6.45, 7) is 13.9. The normalized spacial score (nSPS) is 23.5. The molecule has 2 atom stereocenters. The van der Waals surface area contributed by atoms with Gasteiger partial charge in [-0.1, -0.05) is 6.92 Å². The van der Waals surface area contributed by atoms with Gasteiger partial charge in [-0.15, -0.1) is 0 Å². The predicted molar refractivity (Wildman–Crippen MR) is 96.2 cm³/mol. The zero-order valence-corrected chi connectivity index (χ0v) is 15.9. The Morgan fingerprint density at radius 1 is 1.30 bits per heavy atom. The molecule has 0 aromatic rings. The number of nitrogens with zero attached hydrogens (tertiary/aromatic N) is 2. The fourth-order valence-corrected chi connectivity index (χ4v) is 3.19. The van der Waals surface area contributed by atoms with E-state index >= 15 is 0 Å². The maximum absolute atomic E-state index is 11.4. The van der Waals surface area contributed by atoms with Gasteiger partial charge in [0.1, 0.15) is 0 Å². The van der Waals surface area contributed by atoms with E-state index in [1.54, 1.807) is 6.92 Å². The molecule has 1 heterocycles. The van der Waals surface area contributed by atoms with Crippen LogP contribution in [0.3, 0.4) is 0 Å². The van der Waals surface area contributed by atoms with Crippen LogP contribution in [-0.4, -0.2) is 69.8 Å². The van der Waals surface area contributed by atoms with Gasteiger partial charge in [0.25, 0.3) is 0 Å². The third kappa shape index (κ3) is 7.05. The lowest BCUT2D eigenvalue weighted by atomic mass is 10.1. The first kappa shape index (κ1) is 20.2. The lowest BCUT2D eigenvalue weighted by molar-refractivity contribution is 0.265. The summed E-state index contributed by atoms with van der Waals surface area (Å²) in [6.07, 6.45) is 0. The van der Waals surface area contributed by atoms with E-state index in [1.807, 2.05) is 6.92 Å². The van der Waals surface area contributed by atoms with Gasteiger partial charge >= 0.3 is 0 Å². The molecular weight excluding hydrogens is 314 g/mol. The van der Waals surface area contributed by atoms with Gasteiger partial charge in [0, 0.05) is 38.3 Å². The second-order valence-electron chi connectivity index (χ2n) is 6.33. The van der Waals surface area contributed by atoms with Gasteiger partial charge in [0.05, 0.1) is 12.3 Å². The molecule has 2 unspecified atom stereocenters. The van der Waals surface area contributed by atoms with Crippen LogP contribution in [0.15, 0.2) is 4.99 Å². The standard InChI is InChI=1S/C15H33N5O2S/c1-6-16-15(17-8-9-18-23(21,22)7-2)19-14-11-20(12(3)4)10-13(14)5/h12-14,18H,6-11H2,1-5H3,(H2,16,17,19). The molecule has 1 saturated heterocycles. The Morgan fingerprint density at radius 2 is 2.00 bits per heavy atom. The van der Waals surface area contributed by atoms with E-state index in [1.165, 1.54) is 0 Å². The summed E-state index contributed by atoms with van der Waals surface area (Å²) in [5.74, 6) is 1.41. The van der Waals surface area contributed by atoms with Crippen LogP contribution in [-0.2, 0) is 10.0 Å². The highest BCUT2D eigenvalue weighted by molar-refractivity contribution is 7.89. The number of hydrogen-bond donors (Lipinski definition) is 3. The van der Waals surface area contributed by atoms with Gasteiger partial charge in [-0.25, -0.2) is 13.1 Å². The summed E-state index contributed by atoms with van der Waals surface area (Å²) in [5, 5.41) is 6.71. The molecule has 3 N–H and O–H groups in total. The average molecular weight is 348 g/mol. The zero-order chi connectivity index (χ0) is 17.5. The number of likely N-dealkylation sites (tertiary alicyclic amines) is 1. The van der Waals surface area contributed by atoms with Gasteiger partial charge in [-0.3, -0.25) is 9.89 Å². The third-order valence-electron chi connectivity index (χ3n) is 4.12. The van der Waals surface area contributed by atoms with Crippen molar-refractivity contribution < 1.29 is 8.42 Å². The second kappa shape index (κ2) is 9.44. The predicted octanol–water partition coefficient (Wildman–Crippen LogP) is 0.210. The molecule has 1 fully saturated rings. The van der Waals surface area contributed by atoms with Crippen molar-refractivity contribution in [2.24, 2.45) is 10.9 Å². The minimum absolute atomic E-state index is 0.0969. The van der Waals surface area contributed by atoms with Crippen molar-refractivity contribution in [2.45, 2.75) is 46.7 Å². The average Bonchev–Trinajstić information content (AvgIpc) is 2.85. The molecule has 0 amide bonds. The summed E-state index contributed by atoms with van der Waals surface area (Å²) in [4.78, 5) is 6.93. The first-order valence-electron chi connectivity index (χ1n) is 8.55. The highest BCUT2D eigenvalue weighted by Crippen LogP contribution is 2.18. The Kier molecular flexibility index (Phi) is 8.28. The Balaban J connectivity index is 2.52. The minimum Gasteiger partial charge on any atom is -0.357 e. The van der Waals surface area contributed by atoms with Gasteiger partial charge in [0.2, 0.25) is 10.0 Å². The zero-order valence-electron chi connectivity index (χ0n) is 15.1. The number of sulfonamides is 1. The van der Waals surface area contributed by atoms with Crippen LogP contribution in [0.25, 0.3) is 0 Å². The molecule has 0 aromatic heterocycles. The van der Waals surface area contributed by atoms with Crippen LogP contribution >= 0.6 is 0 Å². The molecule has 136 valence electrons. The molecule has 0 saturated carbocycles. The summed E-state index contributed by atoms with van der Waals surface area (Å²) in [6, 6.07) is 0.912. The van der Waals surface area contributed by atoms with Crippen LogP contribution in [0.5, 0.6) is 0 Å². The summed E-state index contributed by atoms with van der Waals surface area (Å²) in [5.41, 5.74) is 0. The maximum Gasteiger partial charge on any atom is 0.211 e. The van der Waals surface area contributed by atoms with Crippen molar-refractivity contribution in [1.82, 2.24) is 20.3 Å². The topological polar surface area (TPSA) is 85.8 Å². The summed E-state index contributed by atoms with van der Waals surface area (Å²) in [7, 11) is -3.14. The van der Waals surface area contributed by atoms with Crippen molar-refractivity contribution >= 4 is 16.0 Å². The fourth-order valence-electron chi connectivity index (χ4n) is 2.58. The molecule has 0 spiro atoms. The quantitative estimate of drug-likeness (QED) is 0.332. The number of rotatable bonds is 8. The third-order valence-corrected chi connectivity index (χ3v) is 5.52. The first-order chi connectivity index (χ1) is 10.8.